The van der Waals surface area contributed by atoms with Crippen molar-refractivity contribution < 1.29 is 14.3 Å². The van der Waals surface area contributed by atoms with Gasteiger partial charge in [-0.2, -0.15) is 0 Å². The van der Waals surface area contributed by atoms with E-state index >= 15 is 0 Å². The molecule has 0 aliphatic carbocycles. The van der Waals surface area contributed by atoms with Crippen LogP contribution in [0.4, 0.5) is 5.69 Å². The van der Waals surface area contributed by atoms with E-state index in [-0.39, 0.29) is 24.1 Å². The molecule has 3 aromatic rings. The van der Waals surface area contributed by atoms with E-state index in [9.17, 15) is 9.59 Å². The van der Waals surface area contributed by atoms with Gasteiger partial charge in [0, 0.05) is 10.7 Å². The molecule has 0 saturated carbocycles. The molecule has 0 aromatic heterocycles. The van der Waals surface area contributed by atoms with Crippen LogP contribution in [0.3, 0.4) is 0 Å². The normalized spacial score (nSPS) is 13.6. The van der Waals surface area contributed by atoms with Gasteiger partial charge in [0.25, 0.3) is 11.8 Å². The number of carbonyl (C=O) groups is 2. The number of aryl methyl sites for hydroxylation is 1. The van der Waals surface area contributed by atoms with Crippen LogP contribution in [0.2, 0.25) is 5.02 Å². The minimum Gasteiger partial charge on any atom is -0.494 e. The molecule has 4 rings (SSSR count). The third-order valence-electron chi connectivity index (χ3n) is 5.61. The van der Waals surface area contributed by atoms with Crippen LogP contribution < -0.4 is 10.1 Å². The number of imide groups is 1. The lowest BCUT2D eigenvalue weighted by atomic mass is 10.0. The summed E-state index contributed by atoms with van der Waals surface area (Å²) in [5.41, 5.74) is 4.69. The number of hydrogen-bond donors (Lipinski definition) is 1. The number of hydrogen-bond acceptors (Lipinski definition) is 4. The number of halogens is 1. The molecule has 5 nitrogen and oxygen atoms in total. The number of nitrogens with one attached hydrogen (secondary N) is 1. The highest BCUT2D eigenvalue weighted by atomic mass is 35.5. The van der Waals surface area contributed by atoms with Crippen LogP contribution in [0.5, 0.6) is 5.75 Å². The van der Waals surface area contributed by atoms with Crippen molar-refractivity contribution in [2.24, 2.45) is 0 Å². The number of amides is 2. The predicted molar refractivity (Wildman–Crippen MR) is 131 cm³/mol. The Balaban J connectivity index is 1.74. The van der Waals surface area contributed by atoms with E-state index < -0.39 is 0 Å². The molecule has 33 heavy (non-hydrogen) atoms. The van der Waals surface area contributed by atoms with Crippen LogP contribution in [-0.2, 0) is 16.1 Å². The molecule has 1 aliphatic heterocycles. The summed E-state index contributed by atoms with van der Waals surface area (Å²) in [5.74, 6) is -0.00826. The number of nitrogens with zero attached hydrogens (tertiary/aromatic N) is 1. The molecule has 0 radical (unpaired) electrons. The summed E-state index contributed by atoms with van der Waals surface area (Å²) in [7, 11) is 0. The summed E-state index contributed by atoms with van der Waals surface area (Å²) in [5, 5.41) is 3.78. The van der Waals surface area contributed by atoms with Gasteiger partial charge in [-0.15, -0.1) is 0 Å². The Morgan fingerprint density at radius 1 is 0.909 bits per heavy atom. The lowest BCUT2D eigenvalue weighted by molar-refractivity contribution is -0.137. The summed E-state index contributed by atoms with van der Waals surface area (Å²) in [6.07, 6.45) is 0. The third-order valence-corrected chi connectivity index (χ3v) is 6.02. The minimum atomic E-state index is -0.371. The van der Waals surface area contributed by atoms with Crippen molar-refractivity contribution in [1.29, 1.82) is 0 Å². The second kappa shape index (κ2) is 9.51. The standard InChI is InChI=1S/C27H25ClN2O3/c1-4-33-21-14-12-20(13-15-21)24-25(29-23-7-5-6-22(28)18(23)3)27(32)30(26(24)31)16-19-10-8-17(2)9-11-19/h5-15,29H,4,16H2,1-3H3. The summed E-state index contributed by atoms with van der Waals surface area (Å²) in [6, 6.07) is 20.4. The van der Waals surface area contributed by atoms with Gasteiger partial charge in [0.05, 0.1) is 18.7 Å². The fraction of sp³-hybridized carbons (Fsp3) is 0.185. The highest BCUT2D eigenvalue weighted by Crippen LogP contribution is 2.34. The number of anilines is 1. The molecule has 0 bridgehead atoms. The van der Waals surface area contributed by atoms with Crippen molar-refractivity contribution in [3.05, 3.63) is 99.7 Å². The molecule has 0 saturated heterocycles. The number of benzene rings is 3. The molecule has 1 aliphatic rings. The van der Waals surface area contributed by atoms with Crippen LogP contribution in [-0.4, -0.2) is 23.3 Å². The lowest BCUT2D eigenvalue weighted by Gasteiger charge is -2.16. The number of ether oxygens (including phenoxy) is 1. The van der Waals surface area contributed by atoms with Crippen molar-refractivity contribution >= 4 is 34.7 Å². The molecule has 0 spiro atoms. The van der Waals surface area contributed by atoms with Crippen molar-refractivity contribution in [3.63, 3.8) is 0 Å². The van der Waals surface area contributed by atoms with E-state index in [1.54, 1.807) is 36.4 Å². The van der Waals surface area contributed by atoms with E-state index in [0.717, 1.165) is 16.7 Å². The Kier molecular flexibility index (Phi) is 6.52. The first-order chi connectivity index (χ1) is 15.9. The maximum absolute atomic E-state index is 13.5. The van der Waals surface area contributed by atoms with Gasteiger partial charge in [-0.1, -0.05) is 59.6 Å². The van der Waals surface area contributed by atoms with Crippen LogP contribution in [0.1, 0.15) is 29.2 Å². The minimum absolute atomic E-state index is 0.193. The summed E-state index contributed by atoms with van der Waals surface area (Å²) in [4.78, 5) is 28.2. The monoisotopic (exact) mass is 460 g/mol. The molecule has 1 heterocycles. The van der Waals surface area contributed by atoms with Gasteiger partial charge in [-0.3, -0.25) is 14.5 Å². The van der Waals surface area contributed by atoms with Crippen molar-refractivity contribution in [2.75, 3.05) is 11.9 Å². The lowest BCUT2D eigenvalue weighted by Crippen LogP contribution is -2.32. The summed E-state index contributed by atoms with van der Waals surface area (Å²) in [6.45, 7) is 6.51. The predicted octanol–water partition coefficient (Wildman–Crippen LogP) is 5.75. The topological polar surface area (TPSA) is 58.6 Å². The van der Waals surface area contributed by atoms with Gasteiger partial charge in [-0.05, 0) is 61.7 Å². The zero-order valence-electron chi connectivity index (χ0n) is 18.8. The molecule has 0 unspecified atom stereocenters. The first kappa shape index (κ1) is 22.6. The van der Waals surface area contributed by atoms with Gasteiger partial charge in [-0.25, -0.2) is 0 Å². The van der Waals surface area contributed by atoms with Crippen molar-refractivity contribution in [1.82, 2.24) is 4.90 Å². The Hall–Kier alpha value is -3.57. The van der Waals surface area contributed by atoms with Gasteiger partial charge < -0.3 is 10.1 Å². The van der Waals surface area contributed by atoms with Gasteiger partial charge in [0.15, 0.2) is 0 Å². The van der Waals surface area contributed by atoms with E-state index in [1.165, 1.54) is 4.90 Å². The van der Waals surface area contributed by atoms with E-state index in [0.29, 0.717) is 34.2 Å². The average Bonchev–Trinajstić information content (AvgIpc) is 3.03. The number of rotatable bonds is 7. The van der Waals surface area contributed by atoms with Crippen LogP contribution in [0.25, 0.3) is 5.57 Å². The molecule has 168 valence electrons. The molecular formula is C27H25ClN2O3. The van der Waals surface area contributed by atoms with Crippen LogP contribution in [0, 0.1) is 13.8 Å². The molecule has 2 amide bonds. The first-order valence-corrected chi connectivity index (χ1v) is 11.2. The maximum Gasteiger partial charge on any atom is 0.278 e. The van der Waals surface area contributed by atoms with Gasteiger partial charge in [0.2, 0.25) is 0 Å². The average molecular weight is 461 g/mol. The highest BCUT2D eigenvalue weighted by Gasteiger charge is 2.39. The smallest absolute Gasteiger partial charge is 0.278 e. The largest absolute Gasteiger partial charge is 0.494 e. The number of carbonyl (C=O) groups excluding carboxylic acids is 2. The molecule has 1 N–H and O–H groups in total. The summed E-state index contributed by atoms with van der Waals surface area (Å²) < 4.78 is 5.52. The maximum atomic E-state index is 13.5. The molecular weight excluding hydrogens is 436 g/mol. The second-order valence-electron chi connectivity index (χ2n) is 7.93. The molecule has 6 heteroatoms. The first-order valence-electron chi connectivity index (χ1n) is 10.8. The van der Waals surface area contributed by atoms with Crippen LogP contribution in [0.15, 0.2) is 72.4 Å². The highest BCUT2D eigenvalue weighted by molar-refractivity contribution is 6.36. The zero-order chi connectivity index (χ0) is 23.5. The second-order valence-corrected chi connectivity index (χ2v) is 8.33. The molecule has 0 atom stereocenters. The fourth-order valence-electron chi connectivity index (χ4n) is 3.74. The van der Waals surface area contributed by atoms with Crippen molar-refractivity contribution in [2.45, 2.75) is 27.3 Å². The third kappa shape index (κ3) is 4.64. The fourth-order valence-corrected chi connectivity index (χ4v) is 3.92. The Labute approximate surface area is 198 Å². The Bertz CT molecular complexity index is 1230. The molecule has 3 aromatic carbocycles. The molecule has 0 fully saturated rings. The summed E-state index contributed by atoms with van der Waals surface area (Å²) >= 11 is 6.28. The Morgan fingerprint density at radius 3 is 2.27 bits per heavy atom. The van der Waals surface area contributed by atoms with Gasteiger partial charge in [0.1, 0.15) is 11.4 Å². The van der Waals surface area contributed by atoms with E-state index in [4.69, 9.17) is 16.3 Å². The van der Waals surface area contributed by atoms with Crippen molar-refractivity contribution in [3.8, 4) is 5.75 Å². The Morgan fingerprint density at radius 2 is 1.61 bits per heavy atom. The zero-order valence-corrected chi connectivity index (χ0v) is 19.6. The van der Waals surface area contributed by atoms with E-state index in [2.05, 4.69) is 5.32 Å². The SMILES string of the molecule is CCOc1ccc(C2=C(Nc3cccc(Cl)c3C)C(=O)N(Cc3ccc(C)cc3)C2=O)cc1. The van der Waals surface area contributed by atoms with Gasteiger partial charge >= 0.3 is 0 Å². The van der Waals surface area contributed by atoms with Crippen LogP contribution >= 0.6 is 11.6 Å². The quantitative estimate of drug-likeness (QED) is 0.456. The van der Waals surface area contributed by atoms with E-state index in [1.807, 2.05) is 51.1 Å².